The molecule has 0 spiro atoms. The predicted molar refractivity (Wildman–Crippen MR) is 74.5 cm³/mol. The van der Waals surface area contributed by atoms with E-state index in [0.29, 0.717) is 29.9 Å². The van der Waals surface area contributed by atoms with Gasteiger partial charge in [-0.25, -0.2) is 0 Å². The van der Waals surface area contributed by atoms with Crippen LogP contribution in [0.1, 0.15) is 0 Å². The second-order valence-electron chi connectivity index (χ2n) is 3.35. The number of hydrogen-bond acceptors (Lipinski definition) is 1. The van der Waals surface area contributed by atoms with Crippen molar-refractivity contribution in [3.8, 4) is 0 Å². The van der Waals surface area contributed by atoms with Gasteiger partial charge in [0.25, 0.3) is 0 Å². The third-order valence-corrected chi connectivity index (χ3v) is 5.84. The molecule has 0 heterocycles. The Labute approximate surface area is 115 Å². The Bertz CT molecular complexity index is 375. The first kappa shape index (κ1) is 12.9. The maximum atomic E-state index is 5.70. The fraction of sp³-hybridized carbons (Fsp3) is 0.143. The Morgan fingerprint density at radius 1 is 0.647 bits per heavy atom. The van der Waals surface area contributed by atoms with Crippen molar-refractivity contribution < 1.29 is 4.74 Å². The number of ether oxygens (including phenoxy) is 1. The van der Waals surface area contributed by atoms with Gasteiger partial charge in [0.1, 0.15) is 0 Å². The Hall–Kier alpha value is -0.561. The van der Waals surface area contributed by atoms with E-state index in [1.54, 1.807) is 0 Å². The summed E-state index contributed by atoms with van der Waals surface area (Å²) in [5.41, 5.74) is 1.76. The summed E-state index contributed by atoms with van der Waals surface area (Å²) in [6, 6.07) is 21.2. The van der Waals surface area contributed by atoms with Crippen molar-refractivity contribution in [1.29, 1.82) is 0 Å². The van der Waals surface area contributed by atoms with Crippen molar-refractivity contribution in [2.24, 2.45) is 0 Å². The van der Waals surface area contributed by atoms with Gasteiger partial charge in [0, 0.05) is 0 Å². The predicted octanol–water partition coefficient (Wildman–Crippen LogP) is 0.977. The quantitative estimate of drug-likeness (QED) is 0.554. The fourth-order valence-electron chi connectivity index (χ4n) is 1.29. The van der Waals surface area contributed by atoms with Crippen LogP contribution in [0.15, 0.2) is 60.7 Å². The molecule has 2 aromatic carbocycles. The van der Waals surface area contributed by atoms with E-state index >= 15 is 0 Å². The molecule has 0 saturated heterocycles. The molecule has 0 fully saturated rings. The van der Waals surface area contributed by atoms with Crippen LogP contribution in [-0.2, 0) is 4.74 Å². The van der Waals surface area contributed by atoms with Gasteiger partial charge >= 0.3 is 115 Å². The van der Waals surface area contributed by atoms with Gasteiger partial charge < -0.3 is 0 Å². The first-order valence-electron chi connectivity index (χ1n) is 5.38. The van der Waals surface area contributed by atoms with Crippen LogP contribution in [0.3, 0.4) is 0 Å². The van der Waals surface area contributed by atoms with Crippen molar-refractivity contribution >= 4 is 38.8 Å². The average Bonchev–Trinajstić information content (AvgIpc) is 2.41. The van der Waals surface area contributed by atoms with Crippen LogP contribution in [0.2, 0.25) is 0 Å². The van der Waals surface area contributed by atoms with Gasteiger partial charge in [-0.05, 0) is 0 Å². The zero-order valence-electron chi connectivity index (χ0n) is 9.41. The molecule has 0 aliphatic carbocycles. The maximum absolute atomic E-state index is 5.70. The van der Waals surface area contributed by atoms with E-state index in [9.17, 15) is 0 Å². The van der Waals surface area contributed by atoms with Gasteiger partial charge in [-0.1, -0.05) is 0 Å². The van der Waals surface area contributed by atoms with E-state index in [1.807, 2.05) is 0 Å². The summed E-state index contributed by atoms with van der Waals surface area (Å²) in [5.74, 6) is 0. The van der Waals surface area contributed by atoms with E-state index in [4.69, 9.17) is 4.74 Å². The number of benzene rings is 2. The molecule has 1 nitrogen and oxygen atoms in total. The molecule has 0 aliphatic rings. The fourth-order valence-corrected chi connectivity index (χ4v) is 4.56. The van der Waals surface area contributed by atoms with Gasteiger partial charge in [-0.2, -0.15) is 0 Å². The Morgan fingerprint density at radius 3 is 1.47 bits per heavy atom. The summed E-state index contributed by atoms with van der Waals surface area (Å²) in [6.07, 6.45) is 0. The molecule has 0 radical (unpaired) electrons. The van der Waals surface area contributed by atoms with E-state index < -0.39 is 0 Å². The van der Waals surface area contributed by atoms with Crippen LogP contribution in [0.25, 0.3) is 0 Å². The summed E-state index contributed by atoms with van der Waals surface area (Å²) >= 11 is 0.905. The van der Waals surface area contributed by atoms with Crippen molar-refractivity contribution in [2.45, 2.75) is 0 Å². The summed E-state index contributed by atoms with van der Waals surface area (Å²) in [7, 11) is 0. The normalized spacial score (nSPS) is 10.4. The first-order chi connectivity index (χ1) is 8.45. The minimum atomic E-state index is 0.452. The van der Waals surface area contributed by atoms with E-state index in [-0.39, 0.29) is 0 Å². The second kappa shape index (κ2) is 7.70. The van der Waals surface area contributed by atoms with Crippen LogP contribution in [0.4, 0.5) is 0 Å². The van der Waals surface area contributed by atoms with E-state index in [1.165, 1.54) is 8.92 Å². The molecule has 2 rings (SSSR count). The van der Waals surface area contributed by atoms with Crippen LogP contribution in [0, 0.1) is 0 Å². The van der Waals surface area contributed by atoms with Gasteiger partial charge in [0.15, 0.2) is 0 Å². The van der Waals surface area contributed by atoms with E-state index in [0.717, 1.165) is 11.0 Å². The molecule has 0 atom stereocenters. The summed E-state index contributed by atoms with van der Waals surface area (Å²) in [4.78, 5) is 0. The second-order valence-corrected chi connectivity index (χ2v) is 7.53. The molecule has 2 aromatic rings. The molecule has 0 amide bonds. The van der Waals surface area contributed by atoms with Crippen LogP contribution in [0.5, 0.6) is 0 Å². The van der Waals surface area contributed by atoms with Gasteiger partial charge in [-0.15, -0.1) is 0 Å². The molecular weight excluding hydrogens is 342 g/mol. The minimum absolute atomic E-state index is 0.452. The van der Waals surface area contributed by atoms with Crippen molar-refractivity contribution in [2.75, 3.05) is 11.0 Å². The summed E-state index contributed by atoms with van der Waals surface area (Å²) in [6.45, 7) is 0. The molecule has 0 aliphatic heterocycles. The Kier molecular flexibility index (Phi) is 5.84. The van der Waals surface area contributed by atoms with Crippen LogP contribution >= 0.6 is 0 Å². The van der Waals surface area contributed by atoms with Crippen LogP contribution < -0.4 is 8.92 Å². The van der Waals surface area contributed by atoms with Crippen LogP contribution in [-0.4, -0.2) is 40.9 Å². The van der Waals surface area contributed by atoms with Gasteiger partial charge in [-0.3, -0.25) is 0 Å². The Balaban J connectivity index is 1.61. The molecule has 0 saturated carbocycles. The standard InChI is InChI=1S/C14H14OSe2/c1-3-7-13(8-4-1)16-11-15-12-17-14-9-5-2-6-10-14/h1-10H,11-12H2. The summed E-state index contributed by atoms with van der Waals surface area (Å²) < 4.78 is 8.52. The molecule has 17 heavy (non-hydrogen) atoms. The van der Waals surface area contributed by atoms with Crippen molar-refractivity contribution in [3.63, 3.8) is 0 Å². The monoisotopic (exact) mass is 358 g/mol. The molecule has 0 bridgehead atoms. The van der Waals surface area contributed by atoms with Crippen molar-refractivity contribution in [3.05, 3.63) is 60.7 Å². The third-order valence-electron chi connectivity index (χ3n) is 2.10. The SMILES string of the molecule is c1ccc([Se]COC[Se]c2ccccc2)cc1. The molecular formula is C14H14OSe2. The molecule has 3 heteroatoms. The number of rotatable bonds is 6. The first-order valence-corrected chi connectivity index (χ1v) is 9.52. The molecule has 0 N–H and O–H groups in total. The number of hydrogen-bond donors (Lipinski definition) is 0. The zero-order chi connectivity index (χ0) is 11.8. The average molecular weight is 356 g/mol. The molecule has 0 unspecified atom stereocenters. The molecule has 0 aromatic heterocycles. The van der Waals surface area contributed by atoms with Crippen molar-refractivity contribution in [1.82, 2.24) is 0 Å². The summed E-state index contributed by atoms with van der Waals surface area (Å²) in [5, 5.41) is 0. The topological polar surface area (TPSA) is 9.23 Å². The van der Waals surface area contributed by atoms with Gasteiger partial charge in [0.2, 0.25) is 0 Å². The third kappa shape index (κ3) is 5.08. The van der Waals surface area contributed by atoms with Gasteiger partial charge in [0.05, 0.1) is 0 Å². The molecule has 88 valence electrons. The zero-order valence-corrected chi connectivity index (χ0v) is 12.8. The van der Waals surface area contributed by atoms with E-state index in [2.05, 4.69) is 60.7 Å². The Morgan fingerprint density at radius 2 is 1.06 bits per heavy atom.